The first-order valence-electron chi connectivity index (χ1n) is 6.77. The maximum Gasteiger partial charge on any atom is 0.262 e. The highest BCUT2D eigenvalue weighted by Gasteiger charge is 2.42. The Bertz CT molecular complexity index is 631. The molecule has 1 aliphatic heterocycles. The molecule has 1 aromatic carbocycles. The largest absolute Gasteiger partial charge is 0.354 e. The van der Waals surface area contributed by atoms with Crippen molar-refractivity contribution in [2.45, 2.75) is 24.8 Å². The molecule has 1 unspecified atom stereocenters. The zero-order chi connectivity index (χ0) is 14.9. The van der Waals surface area contributed by atoms with Gasteiger partial charge >= 0.3 is 0 Å². The topological polar surface area (TPSA) is 54.0 Å². The van der Waals surface area contributed by atoms with E-state index in [1.54, 1.807) is 11.3 Å². The van der Waals surface area contributed by atoms with Gasteiger partial charge in [-0.05, 0) is 12.1 Å². The summed E-state index contributed by atoms with van der Waals surface area (Å²) in [5.41, 5.74) is 0.945. The van der Waals surface area contributed by atoms with E-state index in [0.717, 1.165) is 15.2 Å². The van der Waals surface area contributed by atoms with Gasteiger partial charge in [-0.15, -0.1) is 23.7 Å². The normalized spacial score (nSPS) is 19.8. The first-order chi connectivity index (χ1) is 10.0. The van der Waals surface area contributed by atoms with Crippen LogP contribution < -0.4 is 10.6 Å². The van der Waals surface area contributed by atoms with Crippen LogP contribution in [0.15, 0.2) is 24.3 Å². The Kier molecular flexibility index (Phi) is 5.31. The maximum atomic E-state index is 13.0. The lowest BCUT2D eigenvalue weighted by Crippen LogP contribution is -2.41. The van der Waals surface area contributed by atoms with Crippen LogP contribution in [0.25, 0.3) is 10.2 Å². The number of amides is 1. The number of rotatable bonds is 4. The molecule has 2 heterocycles. The molecule has 1 aromatic heterocycles. The Balaban J connectivity index is 0.00000176. The number of para-hydroxylation sites is 1. The van der Waals surface area contributed by atoms with Crippen LogP contribution in [-0.2, 0) is 11.2 Å². The summed E-state index contributed by atoms with van der Waals surface area (Å²) in [6, 6.07) is 7.03. The molecule has 22 heavy (non-hydrogen) atoms. The predicted molar refractivity (Wildman–Crippen MR) is 84.9 cm³/mol. The number of hydrogen-bond donors (Lipinski definition) is 2. The lowest BCUT2D eigenvalue weighted by atomic mass is 10.2. The molecule has 2 aromatic rings. The first kappa shape index (κ1) is 17.1. The molecule has 8 heteroatoms. The van der Waals surface area contributed by atoms with Gasteiger partial charge in [0.05, 0.1) is 27.8 Å². The number of fused-ring (bicyclic) bond motifs is 1. The Morgan fingerprint density at radius 3 is 2.91 bits per heavy atom. The second kappa shape index (κ2) is 6.85. The average molecular weight is 348 g/mol. The number of carbonyl (C=O) groups is 1. The van der Waals surface area contributed by atoms with Gasteiger partial charge in [-0.3, -0.25) is 10.1 Å². The molecule has 1 fully saturated rings. The molecule has 0 radical (unpaired) electrons. The van der Waals surface area contributed by atoms with Gasteiger partial charge in [-0.25, -0.2) is 13.8 Å². The summed E-state index contributed by atoms with van der Waals surface area (Å²) in [6.07, 6.45) is 0.175. The highest BCUT2D eigenvalue weighted by atomic mass is 35.5. The maximum absolute atomic E-state index is 13.0. The van der Waals surface area contributed by atoms with Crippen molar-refractivity contribution in [1.29, 1.82) is 0 Å². The molecule has 4 nitrogen and oxygen atoms in total. The molecule has 1 atom stereocenters. The lowest BCUT2D eigenvalue weighted by molar-refractivity contribution is -0.123. The fourth-order valence-electron chi connectivity index (χ4n) is 2.34. The van der Waals surface area contributed by atoms with Gasteiger partial charge < -0.3 is 5.32 Å². The van der Waals surface area contributed by atoms with Crippen LogP contribution >= 0.6 is 23.7 Å². The van der Waals surface area contributed by atoms with Crippen LogP contribution in [0.2, 0.25) is 0 Å². The van der Waals surface area contributed by atoms with E-state index in [-0.39, 0.29) is 18.3 Å². The molecule has 1 saturated heterocycles. The zero-order valence-corrected chi connectivity index (χ0v) is 13.3. The molecular weight excluding hydrogens is 332 g/mol. The number of nitrogens with zero attached hydrogens (tertiary/aromatic N) is 1. The van der Waals surface area contributed by atoms with Gasteiger partial charge in [0.25, 0.3) is 5.92 Å². The van der Waals surface area contributed by atoms with E-state index in [1.807, 2.05) is 24.3 Å². The van der Waals surface area contributed by atoms with Crippen molar-refractivity contribution in [3.63, 3.8) is 0 Å². The van der Waals surface area contributed by atoms with Gasteiger partial charge in [0.1, 0.15) is 0 Å². The third-order valence-corrected chi connectivity index (χ3v) is 4.50. The average Bonchev–Trinajstić information content (AvgIpc) is 3.01. The predicted octanol–water partition coefficient (Wildman–Crippen LogP) is 2.37. The minimum absolute atomic E-state index is 0. The molecule has 2 N–H and O–H groups in total. The minimum atomic E-state index is -2.78. The summed E-state index contributed by atoms with van der Waals surface area (Å²) >= 11 is 1.58. The van der Waals surface area contributed by atoms with Gasteiger partial charge in [0.2, 0.25) is 5.91 Å². The highest BCUT2D eigenvalue weighted by Crippen LogP contribution is 2.25. The van der Waals surface area contributed by atoms with Crippen LogP contribution in [-0.4, -0.2) is 35.9 Å². The molecule has 120 valence electrons. The van der Waals surface area contributed by atoms with E-state index in [9.17, 15) is 13.6 Å². The van der Waals surface area contributed by atoms with Crippen molar-refractivity contribution < 1.29 is 13.6 Å². The third kappa shape index (κ3) is 3.91. The van der Waals surface area contributed by atoms with Crippen LogP contribution in [0.1, 0.15) is 11.4 Å². The van der Waals surface area contributed by atoms with Crippen molar-refractivity contribution in [2.75, 3.05) is 13.1 Å². The number of aromatic nitrogens is 1. The van der Waals surface area contributed by atoms with Gasteiger partial charge in [-0.2, -0.15) is 0 Å². The standard InChI is InChI=1S/C14H15F2N3OS.ClH/c15-14(16)7-10(18-8-14)13(20)17-6-5-12-19-9-3-1-2-4-11(9)21-12;/h1-4,10,18H,5-8H2,(H,17,20);1H. The SMILES string of the molecule is Cl.O=C(NCCc1nc2ccccc2s1)C1CC(F)(F)CN1. The zero-order valence-electron chi connectivity index (χ0n) is 11.6. The summed E-state index contributed by atoms with van der Waals surface area (Å²) in [5, 5.41) is 6.16. The number of alkyl halides is 2. The van der Waals surface area contributed by atoms with Crippen molar-refractivity contribution in [2.24, 2.45) is 0 Å². The quantitative estimate of drug-likeness (QED) is 0.892. The Morgan fingerprint density at radius 2 is 2.23 bits per heavy atom. The number of nitrogens with one attached hydrogen (secondary N) is 2. The smallest absolute Gasteiger partial charge is 0.262 e. The number of benzene rings is 1. The molecule has 0 bridgehead atoms. The van der Waals surface area contributed by atoms with E-state index in [0.29, 0.717) is 13.0 Å². The molecule has 3 rings (SSSR count). The van der Waals surface area contributed by atoms with Crippen LogP contribution in [0.5, 0.6) is 0 Å². The second-order valence-electron chi connectivity index (χ2n) is 5.11. The molecule has 0 saturated carbocycles. The summed E-state index contributed by atoms with van der Waals surface area (Å²) in [7, 11) is 0. The third-order valence-electron chi connectivity index (χ3n) is 3.40. The number of halogens is 3. The summed E-state index contributed by atoms with van der Waals surface area (Å²) in [5.74, 6) is -3.15. The van der Waals surface area contributed by atoms with E-state index < -0.39 is 24.9 Å². The summed E-state index contributed by atoms with van der Waals surface area (Å²) in [4.78, 5) is 16.2. The van der Waals surface area contributed by atoms with Crippen LogP contribution in [0.3, 0.4) is 0 Å². The van der Waals surface area contributed by atoms with E-state index in [4.69, 9.17) is 0 Å². The van der Waals surface area contributed by atoms with E-state index >= 15 is 0 Å². The Morgan fingerprint density at radius 1 is 1.45 bits per heavy atom. The monoisotopic (exact) mass is 347 g/mol. The lowest BCUT2D eigenvalue weighted by Gasteiger charge is -2.10. The number of carbonyl (C=O) groups excluding carboxylic acids is 1. The Hall–Kier alpha value is -1.31. The highest BCUT2D eigenvalue weighted by molar-refractivity contribution is 7.18. The van der Waals surface area contributed by atoms with Crippen molar-refractivity contribution in [1.82, 2.24) is 15.6 Å². The first-order valence-corrected chi connectivity index (χ1v) is 7.58. The minimum Gasteiger partial charge on any atom is -0.354 e. The summed E-state index contributed by atoms with van der Waals surface area (Å²) in [6.45, 7) is -0.0225. The second-order valence-corrected chi connectivity index (χ2v) is 6.23. The van der Waals surface area contributed by atoms with Crippen LogP contribution in [0, 0.1) is 0 Å². The number of thiazole rings is 1. The molecular formula is C14H16ClF2N3OS. The van der Waals surface area contributed by atoms with E-state index in [1.165, 1.54) is 0 Å². The van der Waals surface area contributed by atoms with Gasteiger partial charge in [-0.1, -0.05) is 12.1 Å². The van der Waals surface area contributed by atoms with Crippen molar-refractivity contribution in [3.05, 3.63) is 29.3 Å². The van der Waals surface area contributed by atoms with Gasteiger partial charge in [0, 0.05) is 19.4 Å². The van der Waals surface area contributed by atoms with Gasteiger partial charge in [0.15, 0.2) is 0 Å². The number of hydrogen-bond acceptors (Lipinski definition) is 4. The fraction of sp³-hybridized carbons (Fsp3) is 0.429. The van der Waals surface area contributed by atoms with Crippen molar-refractivity contribution >= 4 is 39.9 Å². The van der Waals surface area contributed by atoms with Crippen LogP contribution in [0.4, 0.5) is 8.78 Å². The molecule has 1 aliphatic rings. The molecule has 0 aliphatic carbocycles. The Labute approximate surface area is 136 Å². The van der Waals surface area contributed by atoms with Crippen molar-refractivity contribution in [3.8, 4) is 0 Å². The van der Waals surface area contributed by atoms with E-state index in [2.05, 4.69) is 15.6 Å². The molecule has 0 spiro atoms. The molecule has 1 amide bonds. The summed E-state index contributed by atoms with van der Waals surface area (Å²) < 4.78 is 27.1. The fourth-order valence-corrected chi connectivity index (χ4v) is 3.31.